The van der Waals surface area contributed by atoms with Gasteiger partial charge in [-0.3, -0.25) is 4.79 Å². The number of hydrogen-bond donors (Lipinski definition) is 0. The molecule has 0 bridgehead atoms. The van der Waals surface area contributed by atoms with Gasteiger partial charge in [-0.05, 0) is 37.5 Å². The fraction of sp³-hybridized carbons (Fsp3) is 0.417. The molecule has 1 aromatic carbocycles. The van der Waals surface area contributed by atoms with Crippen LogP contribution in [0.3, 0.4) is 0 Å². The Bertz CT molecular complexity index is 472. The van der Waals surface area contributed by atoms with E-state index in [4.69, 9.17) is 0 Å². The maximum absolute atomic E-state index is 12.9. The molecule has 1 aliphatic carbocycles. The number of carbonyl (C=O) groups excluding carboxylic acids is 1. The van der Waals surface area contributed by atoms with Gasteiger partial charge in [-0.15, -0.1) is 0 Å². The fourth-order valence-electron chi connectivity index (χ4n) is 2.10. The number of benzene rings is 1. The van der Waals surface area contributed by atoms with Crippen LogP contribution in [0.5, 0.6) is 0 Å². The molecule has 2 rings (SSSR count). The maximum Gasteiger partial charge on any atom is 0.416 e. The van der Waals surface area contributed by atoms with E-state index in [1.807, 2.05) is 0 Å². The second kappa shape index (κ2) is 3.55. The Kier molecular flexibility index (Phi) is 2.52. The fourth-order valence-corrected chi connectivity index (χ4v) is 2.10. The van der Waals surface area contributed by atoms with Gasteiger partial charge in [0.2, 0.25) is 0 Å². The lowest BCUT2D eigenvalue weighted by atomic mass is 9.88. The minimum absolute atomic E-state index is 0.0982. The predicted molar refractivity (Wildman–Crippen MR) is 53.0 cm³/mol. The van der Waals surface area contributed by atoms with Gasteiger partial charge in [-0.25, -0.2) is 4.39 Å². The molecule has 0 radical (unpaired) electrons. The number of Topliss-reactive ketones (excluding diaryl/α,β-unsaturated/α-hetero) is 1. The van der Waals surface area contributed by atoms with Gasteiger partial charge in [0, 0.05) is 0 Å². The Hall–Kier alpha value is -1.39. The number of hydrogen-bond acceptors (Lipinski definition) is 1. The number of alkyl halides is 3. The van der Waals surface area contributed by atoms with Crippen LogP contribution in [0.15, 0.2) is 18.2 Å². The second-order valence-electron chi connectivity index (χ2n) is 4.33. The topological polar surface area (TPSA) is 17.1 Å². The first-order valence-electron chi connectivity index (χ1n) is 5.16. The molecule has 0 atom stereocenters. The highest BCUT2D eigenvalue weighted by Crippen LogP contribution is 2.52. The number of ketones is 1. The molecule has 1 aromatic rings. The van der Waals surface area contributed by atoms with Crippen molar-refractivity contribution >= 4 is 5.78 Å². The van der Waals surface area contributed by atoms with Crippen molar-refractivity contribution in [2.24, 2.45) is 0 Å². The maximum atomic E-state index is 12.9. The van der Waals surface area contributed by atoms with Crippen LogP contribution in [0, 0.1) is 5.82 Å². The summed E-state index contributed by atoms with van der Waals surface area (Å²) in [6.45, 7) is 1.27. The number of carbonyl (C=O) groups is 1. The first-order chi connectivity index (χ1) is 7.77. The zero-order valence-corrected chi connectivity index (χ0v) is 9.07. The predicted octanol–water partition coefficient (Wildman–Crippen LogP) is 3.47. The van der Waals surface area contributed by atoms with Crippen molar-refractivity contribution in [1.82, 2.24) is 0 Å². The van der Waals surface area contributed by atoms with E-state index in [-0.39, 0.29) is 11.3 Å². The smallest absolute Gasteiger partial charge is 0.299 e. The lowest BCUT2D eigenvalue weighted by molar-refractivity contribution is -0.139. The van der Waals surface area contributed by atoms with Gasteiger partial charge in [0.15, 0.2) is 0 Å². The van der Waals surface area contributed by atoms with E-state index in [9.17, 15) is 22.4 Å². The van der Waals surface area contributed by atoms with Crippen molar-refractivity contribution in [2.75, 3.05) is 0 Å². The Morgan fingerprint density at radius 2 is 1.88 bits per heavy atom. The zero-order valence-electron chi connectivity index (χ0n) is 9.07. The van der Waals surface area contributed by atoms with Crippen LogP contribution >= 0.6 is 0 Å². The third-order valence-corrected chi connectivity index (χ3v) is 3.23. The van der Waals surface area contributed by atoms with E-state index < -0.39 is 23.0 Å². The van der Waals surface area contributed by atoms with Crippen molar-refractivity contribution in [1.29, 1.82) is 0 Å². The van der Waals surface area contributed by atoms with Crippen LogP contribution in [0.25, 0.3) is 0 Å². The molecule has 1 aliphatic rings. The van der Waals surface area contributed by atoms with Crippen LogP contribution in [-0.2, 0) is 16.4 Å². The SMILES string of the molecule is CC(=O)C1(c2ccc(F)cc2C(F)(F)F)CC1. The Labute approximate surface area is 95.4 Å². The molecule has 0 spiro atoms. The highest BCUT2D eigenvalue weighted by atomic mass is 19.4. The van der Waals surface area contributed by atoms with E-state index in [1.54, 1.807) is 0 Å². The molecule has 0 aliphatic heterocycles. The van der Waals surface area contributed by atoms with Gasteiger partial charge in [0.25, 0.3) is 0 Å². The molecule has 1 saturated carbocycles. The summed E-state index contributed by atoms with van der Waals surface area (Å²) >= 11 is 0. The summed E-state index contributed by atoms with van der Waals surface area (Å²) in [5.41, 5.74) is -2.18. The molecule has 5 heteroatoms. The van der Waals surface area contributed by atoms with Gasteiger partial charge >= 0.3 is 6.18 Å². The van der Waals surface area contributed by atoms with Crippen molar-refractivity contribution in [3.63, 3.8) is 0 Å². The molecule has 17 heavy (non-hydrogen) atoms. The van der Waals surface area contributed by atoms with Gasteiger partial charge in [0.05, 0.1) is 11.0 Å². The minimum atomic E-state index is -4.64. The lowest BCUT2D eigenvalue weighted by Gasteiger charge is -2.18. The molecular formula is C12H10F4O. The van der Waals surface area contributed by atoms with Gasteiger partial charge in [-0.2, -0.15) is 13.2 Å². The summed E-state index contributed by atoms with van der Waals surface area (Å²) in [7, 11) is 0. The highest BCUT2D eigenvalue weighted by molar-refractivity contribution is 5.91. The molecule has 0 unspecified atom stereocenters. The zero-order chi connectivity index (χ0) is 12.8. The molecule has 0 saturated heterocycles. The van der Waals surface area contributed by atoms with Crippen molar-refractivity contribution in [3.05, 3.63) is 35.1 Å². The van der Waals surface area contributed by atoms with Crippen molar-refractivity contribution in [2.45, 2.75) is 31.4 Å². The molecule has 0 amide bonds. The van der Waals surface area contributed by atoms with E-state index in [0.29, 0.717) is 18.9 Å². The van der Waals surface area contributed by atoms with Crippen LogP contribution in [0.1, 0.15) is 30.9 Å². The number of rotatable bonds is 2. The number of halogens is 4. The van der Waals surface area contributed by atoms with Gasteiger partial charge in [0.1, 0.15) is 11.6 Å². The summed E-state index contributed by atoms with van der Waals surface area (Å²) in [4.78, 5) is 11.4. The van der Waals surface area contributed by atoms with Crippen molar-refractivity contribution in [3.8, 4) is 0 Å². The van der Waals surface area contributed by atoms with Crippen LogP contribution in [-0.4, -0.2) is 5.78 Å². The van der Waals surface area contributed by atoms with Crippen LogP contribution < -0.4 is 0 Å². The Morgan fingerprint density at radius 3 is 2.29 bits per heavy atom. The Morgan fingerprint density at radius 1 is 1.29 bits per heavy atom. The van der Waals surface area contributed by atoms with Crippen LogP contribution in [0.2, 0.25) is 0 Å². The molecule has 0 N–H and O–H groups in total. The molecule has 0 heterocycles. The minimum Gasteiger partial charge on any atom is -0.299 e. The molecule has 0 aromatic heterocycles. The van der Waals surface area contributed by atoms with E-state index in [0.717, 1.165) is 12.1 Å². The van der Waals surface area contributed by atoms with E-state index >= 15 is 0 Å². The first-order valence-corrected chi connectivity index (χ1v) is 5.16. The quantitative estimate of drug-likeness (QED) is 0.730. The Balaban J connectivity index is 2.59. The van der Waals surface area contributed by atoms with E-state index in [1.165, 1.54) is 6.92 Å². The first kappa shape index (κ1) is 12.1. The molecule has 1 fully saturated rings. The molecule has 92 valence electrons. The van der Waals surface area contributed by atoms with Crippen molar-refractivity contribution < 1.29 is 22.4 Å². The van der Waals surface area contributed by atoms with E-state index in [2.05, 4.69) is 0 Å². The summed E-state index contributed by atoms with van der Waals surface area (Å²) < 4.78 is 51.2. The average molecular weight is 246 g/mol. The summed E-state index contributed by atoms with van der Waals surface area (Å²) in [6.07, 6.45) is -3.84. The molecule has 1 nitrogen and oxygen atoms in total. The molecular weight excluding hydrogens is 236 g/mol. The third kappa shape index (κ3) is 1.94. The standard InChI is InChI=1S/C12H10F4O/c1-7(17)11(4-5-11)9-3-2-8(13)6-10(9)12(14,15)16/h2-3,6H,4-5H2,1H3. The lowest BCUT2D eigenvalue weighted by Crippen LogP contribution is -2.22. The van der Waals surface area contributed by atoms with Gasteiger partial charge in [-0.1, -0.05) is 6.07 Å². The second-order valence-corrected chi connectivity index (χ2v) is 4.33. The highest BCUT2D eigenvalue weighted by Gasteiger charge is 2.52. The van der Waals surface area contributed by atoms with Crippen LogP contribution in [0.4, 0.5) is 17.6 Å². The third-order valence-electron chi connectivity index (χ3n) is 3.23. The largest absolute Gasteiger partial charge is 0.416 e. The summed E-state index contributed by atoms with van der Waals surface area (Å²) in [5, 5.41) is 0. The summed E-state index contributed by atoms with van der Waals surface area (Å²) in [6, 6.07) is 2.50. The normalized spacial score (nSPS) is 17.9. The monoisotopic (exact) mass is 246 g/mol. The summed E-state index contributed by atoms with van der Waals surface area (Å²) in [5.74, 6) is -1.24. The average Bonchev–Trinajstić information content (AvgIpc) is 2.97. The van der Waals surface area contributed by atoms with Gasteiger partial charge < -0.3 is 0 Å².